The third-order valence-corrected chi connectivity index (χ3v) is 3.80. The van der Waals surface area contributed by atoms with E-state index in [4.69, 9.17) is 0 Å². The van der Waals surface area contributed by atoms with Gasteiger partial charge < -0.3 is 4.98 Å². The van der Waals surface area contributed by atoms with E-state index in [0.717, 1.165) is 11.8 Å². The average molecular weight is 176 g/mol. The predicted octanol–water partition coefficient (Wildman–Crippen LogP) is 2.31. The normalized spacial score (nSPS) is 32.3. The lowest BCUT2D eigenvalue weighted by molar-refractivity contribution is 0.218. The van der Waals surface area contributed by atoms with Crippen LogP contribution in [0.5, 0.6) is 0 Å². The molecule has 13 heavy (non-hydrogen) atoms. The van der Waals surface area contributed by atoms with Gasteiger partial charge in [0.2, 0.25) is 0 Å². The van der Waals surface area contributed by atoms with E-state index >= 15 is 0 Å². The van der Waals surface area contributed by atoms with Gasteiger partial charge in [-0.15, -0.1) is 0 Å². The molecule has 3 rings (SSSR count). The molecule has 0 saturated heterocycles. The van der Waals surface area contributed by atoms with Crippen molar-refractivity contribution in [3.8, 4) is 0 Å². The summed E-state index contributed by atoms with van der Waals surface area (Å²) in [5.41, 5.74) is 2.77. The minimum Gasteiger partial charge on any atom is -0.348 e. The number of imidazole rings is 1. The number of nitrogens with zero attached hydrogens (tertiary/aromatic N) is 1. The third-order valence-electron chi connectivity index (χ3n) is 3.80. The number of nitrogens with one attached hydrogen (secondary N) is 1. The summed E-state index contributed by atoms with van der Waals surface area (Å²) in [6.07, 6.45) is 10.1. The Morgan fingerprint density at radius 1 is 1.15 bits per heavy atom. The number of rotatable bonds is 0. The Kier molecular flexibility index (Phi) is 1.67. The largest absolute Gasteiger partial charge is 0.348 e. The zero-order valence-corrected chi connectivity index (χ0v) is 7.92. The van der Waals surface area contributed by atoms with Crippen LogP contribution in [0.4, 0.5) is 0 Å². The Bertz CT molecular complexity index is 274. The highest BCUT2D eigenvalue weighted by Gasteiger charge is 2.31. The van der Waals surface area contributed by atoms with Gasteiger partial charge in [0.15, 0.2) is 0 Å². The zero-order valence-electron chi connectivity index (χ0n) is 7.92. The van der Waals surface area contributed by atoms with Gasteiger partial charge in [-0.05, 0) is 37.5 Å². The van der Waals surface area contributed by atoms with Gasteiger partial charge in [-0.25, -0.2) is 4.98 Å². The molecule has 70 valence electrons. The molecule has 1 aromatic heterocycles. The maximum Gasteiger partial charge on any atom is 0.0925 e. The van der Waals surface area contributed by atoms with Gasteiger partial charge in [-0.1, -0.05) is 12.8 Å². The summed E-state index contributed by atoms with van der Waals surface area (Å²) in [5.74, 6) is 1.91. The lowest BCUT2D eigenvalue weighted by Crippen LogP contribution is -2.28. The van der Waals surface area contributed by atoms with Crippen LogP contribution >= 0.6 is 0 Å². The topological polar surface area (TPSA) is 28.7 Å². The van der Waals surface area contributed by atoms with Crippen LogP contribution in [-0.2, 0) is 12.8 Å². The number of aromatic amines is 1. The second kappa shape index (κ2) is 2.86. The smallest absolute Gasteiger partial charge is 0.0925 e. The van der Waals surface area contributed by atoms with Gasteiger partial charge in [0.25, 0.3) is 0 Å². The van der Waals surface area contributed by atoms with Crippen LogP contribution in [0.3, 0.4) is 0 Å². The van der Waals surface area contributed by atoms with Crippen molar-refractivity contribution in [2.24, 2.45) is 11.8 Å². The van der Waals surface area contributed by atoms with Crippen molar-refractivity contribution in [1.29, 1.82) is 0 Å². The molecular formula is C11H16N2. The van der Waals surface area contributed by atoms with E-state index in [1.807, 2.05) is 6.33 Å². The van der Waals surface area contributed by atoms with Gasteiger partial charge in [-0.2, -0.15) is 0 Å². The summed E-state index contributed by atoms with van der Waals surface area (Å²) in [7, 11) is 0. The Hall–Kier alpha value is -0.790. The molecule has 1 heterocycles. The molecule has 2 nitrogen and oxygen atoms in total. The van der Waals surface area contributed by atoms with Crippen molar-refractivity contribution in [1.82, 2.24) is 9.97 Å². The molecule has 0 unspecified atom stereocenters. The van der Waals surface area contributed by atoms with Crippen LogP contribution < -0.4 is 0 Å². The van der Waals surface area contributed by atoms with E-state index < -0.39 is 0 Å². The summed E-state index contributed by atoms with van der Waals surface area (Å²) in [6, 6.07) is 0. The van der Waals surface area contributed by atoms with Crippen LogP contribution in [0.1, 0.15) is 37.1 Å². The number of hydrogen-bond acceptors (Lipinski definition) is 1. The second-order valence-corrected chi connectivity index (χ2v) is 4.54. The van der Waals surface area contributed by atoms with Crippen molar-refractivity contribution in [3.63, 3.8) is 0 Å². The summed E-state index contributed by atoms with van der Waals surface area (Å²) in [4.78, 5) is 7.67. The van der Waals surface area contributed by atoms with E-state index in [0.29, 0.717) is 0 Å². The molecule has 2 aliphatic carbocycles. The van der Waals surface area contributed by atoms with Crippen molar-refractivity contribution in [2.75, 3.05) is 0 Å². The molecule has 2 atom stereocenters. The average Bonchev–Trinajstić information content (AvgIpc) is 2.61. The van der Waals surface area contributed by atoms with Crippen LogP contribution in [0.25, 0.3) is 0 Å². The maximum atomic E-state index is 4.39. The van der Waals surface area contributed by atoms with Crippen molar-refractivity contribution < 1.29 is 0 Å². The fourth-order valence-electron chi connectivity index (χ4n) is 3.03. The highest BCUT2D eigenvalue weighted by Crippen LogP contribution is 2.38. The minimum absolute atomic E-state index is 0.949. The fraction of sp³-hybridized carbons (Fsp3) is 0.727. The van der Waals surface area contributed by atoms with Gasteiger partial charge in [0.05, 0.1) is 12.0 Å². The molecule has 1 fully saturated rings. The number of fused-ring (bicyclic) bond motifs is 2. The summed E-state index contributed by atoms with van der Waals surface area (Å²) in [6.45, 7) is 0. The molecule has 2 heteroatoms. The minimum atomic E-state index is 0.949. The Balaban J connectivity index is 1.89. The molecular weight excluding hydrogens is 160 g/mol. The van der Waals surface area contributed by atoms with Crippen LogP contribution in [-0.4, -0.2) is 9.97 Å². The van der Waals surface area contributed by atoms with E-state index in [1.54, 1.807) is 0 Å². The van der Waals surface area contributed by atoms with Crippen LogP contribution in [0, 0.1) is 11.8 Å². The molecule has 1 aromatic rings. The highest BCUT2D eigenvalue weighted by molar-refractivity contribution is 5.17. The maximum absolute atomic E-state index is 4.39. The number of hydrogen-bond donors (Lipinski definition) is 1. The molecule has 1 saturated carbocycles. The van der Waals surface area contributed by atoms with E-state index in [-0.39, 0.29) is 0 Å². The molecule has 0 bridgehead atoms. The quantitative estimate of drug-likeness (QED) is 0.645. The standard InChI is InChI=1S/C11H16N2/c1-2-4-9-6-11-10(12-7-13-11)5-8(9)3-1/h7-9H,1-6H2,(H,12,13)/t8-,9+. The lowest BCUT2D eigenvalue weighted by Gasteiger charge is -2.34. The third kappa shape index (κ3) is 1.19. The van der Waals surface area contributed by atoms with Crippen molar-refractivity contribution in [3.05, 3.63) is 17.7 Å². The van der Waals surface area contributed by atoms with Gasteiger partial charge in [0, 0.05) is 5.69 Å². The number of aromatic nitrogens is 2. The first-order chi connectivity index (χ1) is 6.43. The Morgan fingerprint density at radius 2 is 1.92 bits per heavy atom. The summed E-state index contributed by atoms with van der Waals surface area (Å²) < 4.78 is 0. The lowest BCUT2D eigenvalue weighted by atomic mass is 9.71. The van der Waals surface area contributed by atoms with Crippen molar-refractivity contribution in [2.45, 2.75) is 38.5 Å². The van der Waals surface area contributed by atoms with Gasteiger partial charge >= 0.3 is 0 Å². The molecule has 1 N–H and O–H groups in total. The SMILES string of the molecule is c1nc2c([nH]1)C[C@@H]1CCCC[C@@H]1C2. The summed E-state index contributed by atoms with van der Waals surface area (Å²) in [5, 5.41) is 0. The first-order valence-corrected chi connectivity index (χ1v) is 5.44. The Labute approximate surface area is 78.8 Å². The van der Waals surface area contributed by atoms with Crippen LogP contribution in [0.15, 0.2) is 6.33 Å². The van der Waals surface area contributed by atoms with Gasteiger partial charge in [-0.3, -0.25) is 0 Å². The molecule has 0 amide bonds. The fourth-order valence-corrected chi connectivity index (χ4v) is 3.03. The second-order valence-electron chi connectivity index (χ2n) is 4.54. The van der Waals surface area contributed by atoms with E-state index in [2.05, 4.69) is 9.97 Å². The molecule has 0 aliphatic heterocycles. The van der Waals surface area contributed by atoms with E-state index in [9.17, 15) is 0 Å². The van der Waals surface area contributed by atoms with Crippen LogP contribution in [0.2, 0.25) is 0 Å². The molecule has 0 spiro atoms. The van der Waals surface area contributed by atoms with Crippen molar-refractivity contribution >= 4 is 0 Å². The monoisotopic (exact) mass is 176 g/mol. The molecule has 2 aliphatic rings. The molecule has 0 aromatic carbocycles. The summed E-state index contributed by atoms with van der Waals surface area (Å²) >= 11 is 0. The predicted molar refractivity (Wildman–Crippen MR) is 51.4 cm³/mol. The molecule has 0 radical (unpaired) electrons. The highest BCUT2D eigenvalue weighted by atomic mass is 14.9. The van der Waals surface area contributed by atoms with E-state index in [1.165, 1.54) is 49.9 Å². The zero-order chi connectivity index (χ0) is 8.67. The van der Waals surface area contributed by atoms with Gasteiger partial charge in [0.1, 0.15) is 0 Å². The first kappa shape index (κ1) is 7.60. The number of H-pyrrole nitrogens is 1. The Morgan fingerprint density at radius 3 is 2.77 bits per heavy atom. The first-order valence-electron chi connectivity index (χ1n) is 5.44.